The van der Waals surface area contributed by atoms with E-state index in [4.69, 9.17) is 0 Å². The minimum Gasteiger partial charge on any atom is -0.341 e. The van der Waals surface area contributed by atoms with Crippen LogP contribution in [0.15, 0.2) is 22.7 Å². The second-order valence-corrected chi connectivity index (χ2v) is 5.76. The number of hydrogen-bond donors (Lipinski definition) is 0. The molecule has 0 spiro atoms. The predicted octanol–water partition coefficient (Wildman–Crippen LogP) is 3.23. The summed E-state index contributed by atoms with van der Waals surface area (Å²) in [5.41, 5.74) is 0.277. The first-order chi connectivity index (χ1) is 8.99. The van der Waals surface area contributed by atoms with E-state index in [1.54, 1.807) is 24.1 Å². The molecule has 5 nitrogen and oxygen atoms in total. The van der Waals surface area contributed by atoms with E-state index in [0.717, 1.165) is 19.4 Å². The number of halogens is 1. The van der Waals surface area contributed by atoms with Crippen LogP contribution in [0, 0.1) is 16.0 Å². The third-order valence-corrected chi connectivity index (χ3v) is 4.16. The number of carbonyl (C=O) groups is 1. The van der Waals surface area contributed by atoms with Crippen LogP contribution in [0.1, 0.15) is 29.6 Å². The number of benzene rings is 1. The van der Waals surface area contributed by atoms with E-state index < -0.39 is 4.92 Å². The summed E-state index contributed by atoms with van der Waals surface area (Å²) in [7, 11) is 1.74. The van der Waals surface area contributed by atoms with Crippen molar-refractivity contribution < 1.29 is 9.72 Å². The number of rotatable bonds is 4. The second kappa shape index (κ2) is 5.69. The molecule has 2 rings (SSSR count). The van der Waals surface area contributed by atoms with Gasteiger partial charge in [-0.1, -0.05) is 6.42 Å². The molecular formula is C13H15BrN2O3. The molecule has 1 aromatic carbocycles. The van der Waals surface area contributed by atoms with Crippen LogP contribution in [-0.2, 0) is 0 Å². The van der Waals surface area contributed by atoms with Gasteiger partial charge in [0.15, 0.2) is 0 Å². The van der Waals surface area contributed by atoms with E-state index in [1.165, 1.54) is 12.5 Å². The molecule has 19 heavy (non-hydrogen) atoms. The summed E-state index contributed by atoms with van der Waals surface area (Å²) in [4.78, 5) is 24.2. The van der Waals surface area contributed by atoms with Crippen molar-refractivity contribution in [1.29, 1.82) is 0 Å². The highest BCUT2D eigenvalue weighted by molar-refractivity contribution is 9.10. The molecule has 0 aliphatic heterocycles. The molecule has 1 fully saturated rings. The van der Waals surface area contributed by atoms with Gasteiger partial charge < -0.3 is 4.90 Å². The van der Waals surface area contributed by atoms with Gasteiger partial charge in [-0.2, -0.15) is 0 Å². The number of hydrogen-bond acceptors (Lipinski definition) is 3. The van der Waals surface area contributed by atoms with Gasteiger partial charge in [0.2, 0.25) is 0 Å². The smallest absolute Gasteiger partial charge is 0.284 e. The molecule has 1 aromatic rings. The largest absolute Gasteiger partial charge is 0.341 e. The van der Waals surface area contributed by atoms with Crippen molar-refractivity contribution in [2.45, 2.75) is 19.3 Å². The summed E-state index contributed by atoms with van der Waals surface area (Å²) in [5.74, 6) is 0.418. The van der Waals surface area contributed by atoms with Gasteiger partial charge in [0.05, 0.1) is 9.40 Å². The number of carbonyl (C=O) groups excluding carboxylic acids is 1. The summed E-state index contributed by atoms with van der Waals surface area (Å²) >= 11 is 3.11. The Balaban J connectivity index is 2.13. The monoisotopic (exact) mass is 326 g/mol. The zero-order valence-corrected chi connectivity index (χ0v) is 12.2. The van der Waals surface area contributed by atoms with Crippen LogP contribution in [-0.4, -0.2) is 29.3 Å². The third-order valence-electron chi connectivity index (χ3n) is 3.49. The Morgan fingerprint density at radius 1 is 1.53 bits per heavy atom. The fraction of sp³-hybridized carbons (Fsp3) is 0.462. The van der Waals surface area contributed by atoms with Crippen LogP contribution >= 0.6 is 15.9 Å². The van der Waals surface area contributed by atoms with Crippen LogP contribution in [0.25, 0.3) is 0 Å². The van der Waals surface area contributed by atoms with Crippen molar-refractivity contribution in [2.24, 2.45) is 5.92 Å². The normalized spacial score (nSPS) is 14.8. The molecule has 0 bridgehead atoms. The average Bonchev–Trinajstić information content (AvgIpc) is 2.33. The summed E-state index contributed by atoms with van der Waals surface area (Å²) in [6.07, 6.45) is 3.56. The van der Waals surface area contributed by atoms with Crippen molar-refractivity contribution in [3.05, 3.63) is 38.3 Å². The van der Waals surface area contributed by atoms with E-state index in [9.17, 15) is 14.9 Å². The van der Waals surface area contributed by atoms with Crippen LogP contribution in [0.4, 0.5) is 5.69 Å². The summed E-state index contributed by atoms with van der Waals surface area (Å²) < 4.78 is 0.385. The molecule has 6 heteroatoms. The lowest BCUT2D eigenvalue weighted by atomic mass is 9.85. The first-order valence-electron chi connectivity index (χ1n) is 6.18. The van der Waals surface area contributed by atoms with Crippen LogP contribution < -0.4 is 0 Å². The van der Waals surface area contributed by atoms with E-state index in [0.29, 0.717) is 16.0 Å². The average molecular weight is 327 g/mol. The number of amides is 1. The zero-order chi connectivity index (χ0) is 14.0. The third kappa shape index (κ3) is 3.12. The summed E-state index contributed by atoms with van der Waals surface area (Å²) in [6, 6.07) is 4.48. The van der Waals surface area contributed by atoms with Gasteiger partial charge in [-0.25, -0.2) is 0 Å². The maximum atomic E-state index is 12.2. The Kier molecular flexibility index (Phi) is 4.19. The maximum Gasteiger partial charge on any atom is 0.284 e. The van der Waals surface area contributed by atoms with Gasteiger partial charge in [-0.15, -0.1) is 0 Å². The Hall–Kier alpha value is -1.43. The quantitative estimate of drug-likeness (QED) is 0.630. The first-order valence-corrected chi connectivity index (χ1v) is 6.97. The van der Waals surface area contributed by atoms with Gasteiger partial charge in [-0.3, -0.25) is 14.9 Å². The molecule has 0 atom stereocenters. The summed E-state index contributed by atoms with van der Waals surface area (Å²) in [5, 5.41) is 10.9. The van der Waals surface area contributed by atoms with Crippen LogP contribution in [0.5, 0.6) is 0 Å². The molecular weight excluding hydrogens is 312 g/mol. The standard InChI is InChI=1S/C13H15BrN2O3/c1-15(8-9-3-2-4-9)13(17)10-5-6-11(14)12(7-10)16(18)19/h5-7,9H,2-4,8H2,1H3. The number of nitro benzene ring substituents is 1. The maximum absolute atomic E-state index is 12.2. The molecule has 0 heterocycles. The minimum absolute atomic E-state index is 0.0807. The topological polar surface area (TPSA) is 63.5 Å². The lowest BCUT2D eigenvalue weighted by Gasteiger charge is -2.30. The molecule has 0 aromatic heterocycles. The van der Waals surface area contributed by atoms with Crippen molar-refractivity contribution in [2.75, 3.05) is 13.6 Å². The lowest BCUT2D eigenvalue weighted by Crippen LogP contribution is -2.34. The highest BCUT2D eigenvalue weighted by Gasteiger charge is 2.23. The van der Waals surface area contributed by atoms with Crippen LogP contribution in [0.2, 0.25) is 0 Å². The molecule has 0 radical (unpaired) electrons. The fourth-order valence-corrected chi connectivity index (χ4v) is 2.54. The van der Waals surface area contributed by atoms with Crippen LogP contribution in [0.3, 0.4) is 0 Å². The molecule has 1 saturated carbocycles. The van der Waals surface area contributed by atoms with Gasteiger partial charge in [0, 0.05) is 25.2 Å². The van der Waals surface area contributed by atoms with Crippen molar-refractivity contribution in [1.82, 2.24) is 4.90 Å². The first kappa shape index (κ1) is 14.0. The van der Waals surface area contributed by atoms with Gasteiger partial charge in [-0.05, 0) is 46.8 Å². The van der Waals surface area contributed by atoms with Gasteiger partial charge in [0.1, 0.15) is 0 Å². The Labute approximate surface area is 119 Å². The van der Waals surface area contributed by atoms with Crippen molar-refractivity contribution in [3.63, 3.8) is 0 Å². The van der Waals surface area contributed by atoms with Gasteiger partial charge in [0.25, 0.3) is 11.6 Å². The van der Waals surface area contributed by atoms with E-state index in [1.807, 2.05) is 0 Å². The molecule has 1 aliphatic carbocycles. The molecule has 0 N–H and O–H groups in total. The molecule has 0 saturated heterocycles. The van der Waals surface area contributed by atoms with E-state index in [2.05, 4.69) is 15.9 Å². The predicted molar refractivity (Wildman–Crippen MR) is 75.1 cm³/mol. The highest BCUT2D eigenvalue weighted by atomic mass is 79.9. The molecule has 102 valence electrons. The zero-order valence-electron chi connectivity index (χ0n) is 10.6. The molecule has 1 amide bonds. The lowest BCUT2D eigenvalue weighted by molar-refractivity contribution is -0.385. The highest BCUT2D eigenvalue weighted by Crippen LogP contribution is 2.28. The Bertz CT molecular complexity index is 515. The SMILES string of the molecule is CN(CC1CCC1)C(=O)c1ccc(Br)c([N+](=O)[O-])c1. The van der Waals surface area contributed by atoms with Crippen molar-refractivity contribution in [3.8, 4) is 0 Å². The fourth-order valence-electron chi connectivity index (χ4n) is 2.15. The molecule has 0 unspecified atom stereocenters. The van der Waals surface area contributed by atoms with E-state index in [-0.39, 0.29) is 11.6 Å². The van der Waals surface area contributed by atoms with Gasteiger partial charge >= 0.3 is 0 Å². The Morgan fingerprint density at radius 2 is 2.21 bits per heavy atom. The number of nitrogens with zero attached hydrogens (tertiary/aromatic N) is 2. The van der Waals surface area contributed by atoms with E-state index >= 15 is 0 Å². The summed E-state index contributed by atoms with van der Waals surface area (Å²) in [6.45, 7) is 0.725. The van der Waals surface area contributed by atoms with Crippen molar-refractivity contribution >= 4 is 27.5 Å². The minimum atomic E-state index is -0.493. The second-order valence-electron chi connectivity index (χ2n) is 4.91. The number of nitro groups is 1. The molecule has 1 aliphatic rings. The Morgan fingerprint density at radius 3 is 2.74 bits per heavy atom.